The monoisotopic (exact) mass is 450 g/mol. The smallest absolute Gasteiger partial charge is 0.270 e. The molecular weight excluding hydrogens is 423 g/mol. The van der Waals surface area contributed by atoms with Gasteiger partial charge in [0.05, 0.1) is 17.7 Å². The van der Waals surface area contributed by atoms with Gasteiger partial charge in [-0.2, -0.15) is 0 Å². The molecule has 0 radical (unpaired) electrons. The van der Waals surface area contributed by atoms with Crippen molar-refractivity contribution in [1.82, 2.24) is 15.1 Å². The summed E-state index contributed by atoms with van der Waals surface area (Å²) in [5, 5.41) is 11.2. The molecule has 2 fully saturated rings. The Balaban J connectivity index is 1.23. The van der Waals surface area contributed by atoms with E-state index in [1.807, 2.05) is 0 Å². The molecule has 0 saturated carbocycles. The number of carbonyl (C=O) groups excluding carboxylic acids is 4. The molecule has 0 spiro atoms. The number of hydrogen-bond donors (Lipinski definition) is 1. The summed E-state index contributed by atoms with van der Waals surface area (Å²) in [4.78, 5) is 52.5. The first-order chi connectivity index (χ1) is 16.0. The van der Waals surface area contributed by atoms with E-state index >= 15 is 0 Å². The highest BCUT2D eigenvalue weighted by atomic mass is 16.5. The first-order valence-corrected chi connectivity index (χ1v) is 11.6. The van der Waals surface area contributed by atoms with Gasteiger partial charge in [0.25, 0.3) is 18.5 Å². The van der Waals surface area contributed by atoms with Gasteiger partial charge in [-0.1, -0.05) is 0 Å². The number of hydrogen-bond acceptors (Lipinski definition) is 7. The van der Waals surface area contributed by atoms with E-state index < -0.39 is 29.7 Å². The largest absolute Gasteiger partial charge is 0.494 e. The minimum Gasteiger partial charge on any atom is -0.494 e. The van der Waals surface area contributed by atoms with Crippen molar-refractivity contribution in [2.24, 2.45) is 0 Å². The maximum absolute atomic E-state index is 12.9. The highest BCUT2D eigenvalue weighted by Crippen LogP contribution is 2.30. The van der Waals surface area contributed by atoms with Gasteiger partial charge in [0, 0.05) is 12.4 Å². The summed E-state index contributed by atoms with van der Waals surface area (Å²) in [6.45, 7) is 3.73. The molecule has 1 atom stereocenters. The second-order valence-electron chi connectivity index (χ2n) is 8.81. The van der Waals surface area contributed by atoms with Gasteiger partial charge in [0.1, 0.15) is 11.8 Å². The molecule has 1 aromatic rings. The normalized spacial score (nSPS) is 21.1. The minimum absolute atomic E-state index is 0.0936. The van der Waals surface area contributed by atoms with Gasteiger partial charge in [-0.15, -0.1) is 0 Å². The number of carbonyl (C=O) groups is 4. The van der Waals surface area contributed by atoms with Crippen molar-refractivity contribution < 1.29 is 23.9 Å². The summed E-state index contributed by atoms with van der Waals surface area (Å²) in [6.07, 6.45) is 5.11. The number of nitriles is 1. The molecule has 1 aromatic carbocycles. The molecule has 0 aromatic heterocycles. The van der Waals surface area contributed by atoms with Crippen LogP contribution in [0, 0.1) is 11.2 Å². The molecular formula is C23H27BN4O5. The maximum atomic E-state index is 12.9. The second-order valence-corrected chi connectivity index (χ2v) is 8.81. The Bertz CT molecular complexity index is 999. The molecule has 172 valence electrons. The highest BCUT2D eigenvalue weighted by molar-refractivity contribution is 6.67. The molecule has 3 aliphatic rings. The van der Waals surface area contributed by atoms with Crippen molar-refractivity contribution in [2.45, 2.75) is 50.8 Å². The third-order valence-corrected chi connectivity index (χ3v) is 6.57. The number of unbranched alkanes of at least 4 members (excludes halogenated alkanes) is 2. The lowest BCUT2D eigenvalue weighted by Gasteiger charge is -2.27. The van der Waals surface area contributed by atoms with Crippen LogP contribution in [-0.4, -0.2) is 72.4 Å². The number of nitrogens with one attached hydrogen (secondary N) is 1. The van der Waals surface area contributed by atoms with Crippen LogP contribution in [0.25, 0.3) is 0 Å². The summed E-state index contributed by atoms with van der Waals surface area (Å²) >= 11 is 0. The minimum atomic E-state index is -0.967. The van der Waals surface area contributed by atoms with E-state index in [1.54, 1.807) is 18.2 Å². The van der Waals surface area contributed by atoms with Crippen LogP contribution in [0.1, 0.15) is 52.8 Å². The average Bonchev–Trinajstić information content (AvgIpc) is 3.06. The first kappa shape index (κ1) is 23.0. The molecule has 1 unspecified atom stereocenters. The number of benzene rings is 1. The molecule has 2 saturated heterocycles. The summed E-state index contributed by atoms with van der Waals surface area (Å²) in [5.74, 6) is 0.798. The number of ether oxygens (including phenoxy) is 1. The van der Waals surface area contributed by atoms with Gasteiger partial charge >= 0.3 is 0 Å². The van der Waals surface area contributed by atoms with Crippen LogP contribution in [0.4, 0.5) is 0 Å². The molecule has 0 bridgehead atoms. The highest BCUT2D eigenvalue weighted by Gasteiger charge is 2.44. The van der Waals surface area contributed by atoms with Gasteiger partial charge in [-0.05, 0) is 76.2 Å². The summed E-state index contributed by atoms with van der Waals surface area (Å²) in [5.41, 5.74) is 0.472. The average molecular weight is 450 g/mol. The van der Waals surface area contributed by atoms with Crippen LogP contribution in [0.15, 0.2) is 18.2 Å². The topological polar surface area (TPSA) is 120 Å². The Morgan fingerprint density at radius 1 is 1.06 bits per heavy atom. The lowest BCUT2D eigenvalue weighted by Crippen LogP contribution is -2.54. The Morgan fingerprint density at radius 3 is 2.55 bits per heavy atom. The molecule has 10 heteroatoms. The van der Waals surface area contributed by atoms with E-state index in [2.05, 4.69) is 16.2 Å². The van der Waals surface area contributed by atoms with Gasteiger partial charge in [0.15, 0.2) is 0 Å². The molecule has 33 heavy (non-hydrogen) atoms. The lowest BCUT2D eigenvalue weighted by atomic mass is 9.45. The maximum Gasteiger partial charge on any atom is 0.270 e. The summed E-state index contributed by atoms with van der Waals surface area (Å²) in [6, 6.07) is 3.81. The zero-order valence-electron chi connectivity index (χ0n) is 18.5. The molecule has 4 rings (SSSR count). The van der Waals surface area contributed by atoms with Gasteiger partial charge in [-0.25, -0.2) is 5.26 Å². The van der Waals surface area contributed by atoms with Crippen molar-refractivity contribution >= 4 is 30.3 Å². The number of amides is 4. The van der Waals surface area contributed by atoms with Crippen LogP contribution in [0.3, 0.4) is 0 Å². The van der Waals surface area contributed by atoms with Crippen LogP contribution in [0.5, 0.6) is 5.75 Å². The van der Waals surface area contributed by atoms with E-state index in [-0.39, 0.29) is 30.7 Å². The molecule has 0 aliphatic carbocycles. The fraction of sp³-hybridized carbons (Fsp3) is 0.522. The van der Waals surface area contributed by atoms with Crippen molar-refractivity contribution in [1.29, 1.82) is 5.26 Å². The van der Waals surface area contributed by atoms with Crippen LogP contribution < -0.4 is 10.1 Å². The van der Waals surface area contributed by atoms with Crippen molar-refractivity contribution in [2.75, 3.05) is 26.2 Å². The Kier molecular flexibility index (Phi) is 7.09. The van der Waals surface area contributed by atoms with E-state index in [1.165, 1.54) is 0 Å². The molecule has 9 nitrogen and oxygen atoms in total. The fourth-order valence-corrected chi connectivity index (χ4v) is 4.63. The standard InChI is InChI=1S/C23H27BN4O5/c25-15-24-8-11-27(12-9-24)10-2-1-3-13-33-16-4-5-17-18(14-16)23(32)28(22(17)31)19-6-7-20(29)26-21(19)30/h4-5,14,19H,1-3,6-13H2,(H,26,29,30). The second kappa shape index (κ2) is 10.2. The molecule has 3 heterocycles. The SMILES string of the molecule is N#CB1CCN(CCCCCOc2ccc3c(c2)C(=O)N(C2CCC(=O)NC2=O)C3=O)CC1. The number of rotatable bonds is 8. The summed E-state index contributed by atoms with van der Waals surface area (Å²) < 4.78 is 5.80. The van der Waals surface area contributed by atoms with E-state index in [9.17, 15) is 19.2 Å². The third-order valence-electron chi connectivity index (χ3n) is 6.57. The fourth-order valence-electron chi connectivity index (χ4n) is 4.63. The van der Waals surface area contributed by atoms with Gasteiger partial charge < -0.3 is 9.64 Å². The summed E-state index contributed by atoms with van der Waals surface area (Å²) in [7, 11) is 0. The zero-order valence-corrected chi connectivity index (χ0v) is 18.5. The number of nitrogens with zero attached hydrogens (tertiary/aromatic N) is 3. The Morgan fingerprint density at radius 2 is 1.82 bits per heavy atom. The molecule has 4 amide bonds. The van der Waals surface area contributed by atoms with E-state index in [0.29, 0.717) is 12.4 Å². The van der Waals surface area contributed by atoms with Gasteiger partial charge in [0.2, 0.25) is 11.8 Å². The number of fused-ring (bicyclic) bond motifs is 1. The van der Waals surface area contributed by atoms with Crippen LogP contribution >= 0.6 is 0 Å². The van der Waals surface area contributed by atoms with Crippen molar-refractivity contribution in [3.8, 4) is 11.7 Å². The molecule has 1 N–H and O–H groups in total. The van der Waals surface area contributed by atoms with E-state index in [0.717, 1.165) is 56.4 Å². The third kappa shape index (κ3) is 5.09. The van der Waals surface area contributed by atoms with Crippen LogP contribution in [-0.2, 0) is 9.59 Å². The number of piperidine rings is 1. The quantitative estimate of drug-likeness (QED) is 0.362. The predicted molar refractivity (Wildman–Crippen MR) is 120 cm³/mol. The lowest BCUT2D eigenvalue weighted by molar-refractivity contribution is -0.136. The van der Waals surface area contributed by atoms with Crippen LogP contribution in [0.2, 0.25) is 12.6 Å². The van der Waals surface area contributed by atoms with E-state index in [4.69, 9.17) is 10.00 Å². The predicted octanol–water partition coefficient (Wildman–Crippen LogP) is 1.51. The zero-order chi connectivity index (χ0) is 23.4. The molecule has 3 aliphatic heterocycles. The van der Waals surface area contributed by atoms with Crippen molar-refractivity contribution in [3.05, 3.63) is 29.3 Å². The Hall–Kier alpha value is -3.19. The van der Waals surface area contributed by atoms with Gasteiger partial charge in [-0.3, -0.25) is 29.4 Å². The first-order valence-electron chi connectivity index (χ1n) is 11.6. The Labute approximate surface area is 193 Å². The number of imide groups is 2. The van der Waals surface area contributed by atoms with Crippen molar-refractivity contribution in [3.63, 3.8) is 0 Å².